The lowest BCUT2D eigenvalue weighted by Gasteiger charge is -2.24. The van der Waals surface area contributed by atoms with E-state index in [1.807, 2.05) is 6.07 Å². The molecule has 5 heteroatoms. The van der Waals surface area contributed by atoms with Crippen LogP contribution in [0.2, 0.25) is 5.02 Å². The number of nitrogens with zero attached hydrogens (tertiary/aromatic N) is 1. The monoisotopic (exact) mass is 305 g/mol. The predicted octanol–water partition coefficient (Wildman–Crippen LogP) is 3.45. The van der Waals surface area contributed by atoms with Crippen LogP contribution in [0, 0.1) is 5.92 Å². The van der Waals surface area contributed by atoms with Gasteiger partial charge in [0.25, 0.3) is 0 Å². The van der Waals surface area contributed by atoms with Crippen molar-refractivity contribution in [2.24, 2.45) is 5.92 Å². The number of halogens is 1. The van der Waals surface area contributed by atoms with E-state index >= 15 is 0 Å². The maximum Gasteiger partial charge on any atom is 0.310 e. The van der Waals surface area contributed by atoms with E-state index in [1.165, 1.54) is 7.11 Å². The molecule has 0 unspecified atom stereocenters. The molecular formula is C16H16ClNO3. The zero-order valence-electron chi connectivity index (χ0n) is 11.8. The molecule has 0 aliphatic heterocycles. The van der Waals surface area contributed by atoms with E-state index in [4.69, 9.17) is 16.3 Å². The van der Waals surface area contributed by atoms with Crippen LogP contribution in [0.1, 0.15) is 29.6 Å². The Balaban J connectivity index is 2.07. The van der Waals surface area contributed by atoms with Crippen LogP contribution >= 0.6 is 11.6 Å². The number of aromatic nitrogens is 1. The summed E-state index contributed by atoms with van der Waals surface area (Å²) in [6, 6.07) is 5.39. The Morgan fingerprint density at radius 2 is 2.14 bits per heavy atom. The smallest absolute Gasteiger partial charge is 0.310 e. The Kier molecular flexibility index (Phi) is 3.72. The Morgan fingerprint density at radius 1 is 1.38 bits per heavy atom. The molecule has 1 aliphatic carbocycles. The standard InChI is InChI=1S/C16H16ClNO3/c1-21-15(19)7-11-9-18(16(20)10-3-2-4-10)14-8-12(17)5-6-13(11)14/h5-6,8-10H,2-4,7H2,1H3. The van der Waals surface area contributed by atoms with Crippen molar-refractivity contribution in [2.75, 3.05) is 7.11 Å². The van der Waals surface area contributed by atoms with E-state index in [9.17, 15) is 9.59 Å². The highest BCUT2D eigenvalue weighted by Crippen LogP contribution is 2.31. The number of carbonyl (C=O) groups excluding carboxylic acids is 2. The molecule has 0 atom stereocenters. The molecule has 1 heterocycles. The van der Waals surface area contributed by atoms with Gasteiger partial charge in [-0.05, 0) is 30.5 Å². The van der Waals surface area contributed by atoms with Gasteiger partial charge >= 0.3 is 5.97 Å². The molecule has 0 N–H and O–H groups in total. The average molecular weight is 306 g/mol. The van der Waals surface area contributed by atoms with Gasteiger partial charge in [-0.15, -0.1) is 0 Å². The summed E-state index contributed by atoms with van der Waals surface area (Å²) >= 11 is 6.05. The van der Waals surface area contributed by atoms with E-state index in [1.54, 1.807) is 22.9 Å². The number of hydrogen-bond acceptors (Lipinski definition) is 3. The number of rotatable bonds is 3. The molecule has 2 aromatic rings. The molecule has 110 valence electrons. The molecule has 1 aromatic heterocycles. The van der Waals surface area contributed by atoms with Gasteiger partial charge in [0.15, 0.2) is 0 Å². The summed E-state index contributed by atoms with van der Waals surface area (Å²) in [5.41, 5.74) is 1.56. The summed E-state index contributed by atoms with van der Waals surface area (Å²) in [5.74, 6) is -0.143. The van der Waals surface area contributed by atoms with Gasteiger partial charge in [0.1, 0.15) is 0 Å². The zero-order chi connectivity index (χ0) is 15.0. The Bertz CT molecular complexity index is 716. The minimum atomic E-state index is -0.319. The fourth-order valence-electron chi connectivity index (χ4n) is 2.67. The molecule has 3 rings (SSSR count). The highest BCUT2D eigenvalue weighted by Gasteiger charge is 2.28. The second-order valence-electron chi connectivity index (χ2n) is 5.40. The fourth-order valence-corrected chi connectivity index (χ4v) is 2.84. The fraction of sp³-hybridized carbons (Fsp3) is 0.375. The van der Waals surface area contributed by atoms with Gasteiger partial charge in [-0.2, -0.15) is 0 Å². The Morgan fingerprint density at radius 3 is 2.76 bits per heavy atom. The third kappa shape index (κ3) is 2.56. The van der Waals surface area contributed by atoms with Crippen LogP contribution in [0.3, 0.4) is 0 Å². The molecule has 1 aromatic carbocycles. The lowest BCUT2D eigenvalue weighted by molar-refractivity contribution is -0.139. The van der Waals surface area contributed by atoms with Crippen molar-refractivity contribution in [3.05, 3.63) is 35.0 Å². The quantitative estimate of drug-likeness (QED) is 0.816. The van der Waals surface area contributed by atoms with Crippen molar-refractivity contribution in [3.8, 4) is 0 Å². The van der Waals surface area contributed by atoms with Crippen LogP contribution in [-0.2, 0) is 16.0 Å². The molecule has 21 heavy (non-hydrogen) atoms. The largest absolute Gasteiger partial charge is 0.469 e. The van der Waals surface area contributed by atoms with Gasteiger partial charge in [0.05, 0.1) is 19.0 Å². The molecule has 1 saturated carbocycles. The van der Waals surface area contributed by atoms with Crippen LogP contribution in [0.25, 0.3) is 10.9 Å². The molecular weight excluding hydrogens is 290 g/mol. The zero-order valence-corrected chi connectivity index (χ0v) is 12.5. The number of fused-ring (bicyclic) bond motifs is 1. The van der Waals surface area contributed by atoms with Crippen molar-refractivity contribution in [1.82, 2.24) is 4.57 Å². The maximum atomic E-state index is 12.5. The molecule has 0 saturated heterocycles. The van der Waals surface area contributed by atoms with Crippen LogP contribution in [0.5, 0.6) is 0 Å². The third-order valence-corrected chi connectivity index (χ3v) is 4.34. The minimum absolute atomic E-state index is 0.0876. The van der Waals surface area contributed by atoms with Gasteiger partial charge < -0.3 is 4.74 Å². The lowest BCUT2D eigenvalue weighted by Crippen LogP contribution is -2.26. The lowest BCUT2D eigenvalue weighted by atomic mass is 9.85. The summed E-state index contributed by atoms with van der Waals surface area (Å²) in [6.07, 6.45) is 4.88. The van der Waals surface area contributed by atoms with Crippen molar-refractivity contribution in [3.63, 3.8) is 0 Å². The predicted molar refractivity (Wildman–Crippen MR) is 80.6 cm³/mol. The van der Waals surface area contributed by atoms with Crippen molar-refractivity contribution in [2.45, 2.75) is 25.7 Å². The summed E-state index contributed by atoms with van der Waals surface area (Å²) in [4.78, 5) is 24.1. The maximum absolute atomic E-state index is 12.5. The summed E-state index contributed by atoms with van der Waals surface area (Å²) in [7, 11) is 1.36. The second kappa shape index (κ2) is 5.53. The van der Waals surface area contributed by atoms with Crippen molar-refractivity contribution in [1.29, 1.82) is 0 Å². The van der Waals surface area contributed by atoms with E-state index < -0.39 is 0 Å². The molecule has 0 bridgehead atoms. The Hall–Kier alpha value is -1.81. The number of methoxy groups -OCH3 is 1. The van der Waals surface area contributed by atoms with Crippen LogP contribution in [-0.4, -0.2) is 23.6 Å². The van der Waals surface area contributed by atoms with Crippen molar-refractivity contribution < 1.29 is 14.3 Å². The number of esters is 1. The first kappa shape index (κ1) is 14.1. The highest BCUT2D eigenvalue weighted by molar-refractivity contribution is 6.31. The SMILES string of the molecule is COC(=O)Cc1cn(C(=O)C2CCC2)c2cc(Cl)ccc12. The number of benzene rings is 1. The van der Waals surface area contributed by atoms with Crippen molar-refractivity contribution >= 4 is 34.4 Å². The van der Waals surface area contributed by atoms with E-state index in [2.05, 4.69) is 0 Å². The highest BCUT2D eigenvalue weighted by atomic mass is 35.5. The van der Waals surface area contributed by atoms with Crippen LogP contribution < -0.4 is 0 Å². The summed E-state index contributed by atoms with van der Waals surface area (Å²) in [5, 5.41) is 1.45. The number of hydrogen-bond donors (Lipinski definition) is 0. The second-order valence-corrected chi connectivity index (χ2v) is 5.84. The van der Waals surface area contributed by atoms with Gasteiger partial charge in [0.2, 0.25) is 5.91 Å². The normalized spacial score (nSPS) is 15.0. The molecule has 0 amide bonds. The van der Waals surface area contributed by atoms with E-state index in [0.29, 0.717) is 5.02 Å². The molecule has 4 nitrogen and oxygen atoms in total. The number of carbonyl (C=O) groups is 2. The van der Waals surface area contributed by atoms with Gasteiger partial charge in [-0.1, -0.05) is 24.1 Å². The van der Waals surface area contributed by atoms with Gasteiger partial charge in [0, 0.05) is 22.5 Å². The first-order chi connectivity index (χ1) is 10.1. The van der Waals surface area contributed by atoms with Crippen LogP contribution in [0.4, 0.5) is 0 Å². The topological polar surface area (TPSA) is 48.3 Å². The molecule has 0 radical (unpaired) electrons. The average Bonchev–Trinajstić information content (AvgIpc) is 2.74. The summed E-state index contributed by atoms with van der Waals surface area (Å²) < 4.78 is 6.36. The van der Waals surface area contributed by atoms with E-state index in [0.717, 1.165) is 35.7 Å². The Labute approximate surface area is 127 Å². The molecule has 1 aliphatic rings. The third-order valence-electron chi connectivity index (χ3n) is 4.10. The van der Waals surface area contributed by atoms with Gasteiger partial charge in [-0.25, -0.2) is 0 Å². The minimum Gasteiger partial charge on any atom is -0.469 e. The van der Waals surface area contributed by atoms with Gasteiger partial charge in [-0.3, -0.25) is 14.2 Å². The first-order valence-corrected chi connectivity index (χ1v) is 7.38. The molecule has 0 spiro atoms. The number of ether oxygens (including phenoxy) is 1. The first-order valence-electron chi connectivity index (χ1n) is 7.00. The van der Waals surface area contributed by atoms with E-state index in [-0.39, 0.29) is 24.2 Å². The summed E-state index contributed by atoms with van der Waals surface area (Å²) in [6.45, 7) is 0. The molecule has 1 fully saturated rings. The van der Waals surface area contributed by atoms with Crippen LogP contribution in [0.15, 0.2) is 24.4 Å².